The number of urea groups is 1. The van der Waals surface area contributed by atoms with Crippen LogP contribution in [0.1, 0.15) is 29.8 Å². The van der Waals surface area contributed by atoms with Crippen LogP contribution in [0.5, 0.6) is 0 Å². The molecule has 3 aliphatic rings. The van der Waals surface area contributed by atoms with Gasteiger partial charge in [-0.15, -0.1) is 0 Å². The highest BCUT2D eigenvalue weighted by Crippen LogP contribution is 2.26. The Morgan fingerprint density at radius 3 is 2.18 bits per heavy atom. The number of Topliss-reactive ketones (excluding diaryl/α,β-unsaturated/α-hetero) is 1. The number of aryl methyl sites for hydroxylation is 1. The molecule has 1 N–H and O–H groups in total. The van der Waals surface area contributed by atoms with Gasteiger partial charge in [0.1, 0.15) is 11.5 Å². The third kappa shape index (κ3) is 6.80. The van der Waals surface area contributed by atoms with Crippen LogP contribution >= 0.6 is 0 Å². The number of amides is 3. The molecule has 0 aliphatic carbocycles. The van der Waals surface area contributed by atoms with E-state index in [4.69, 9.17) is 4.74 Å². The summed E-state index contributed by atoms with van der Waals surface area (Å²) in [6.07, 6.45) is 4.27. The molecular formula is C29H40N6O4. The van der Waals surface area contributed by atoms with Crippen LogP contribution in [0.3, 0.4) is 0 Å². The Balaban J connectivity index is 1.03. The Labute approximate surface area is 230 Å². The molecule has 3 amide bonds. The number of aromatic nitrogens is 1. The summed E-state index contributed by atoms with van der Waals surface area (Å²) in [5, 5.41) is 2.99. The van der Waals surface area contributed by atoms with Gasteiger partial charge in [-0.25, -0.2) is 4.79 Å². The molecule has 3 fully saturated rings. The molecular weight excluding hydrogens is 496 g/mol. The molecule has 0 bridgehead atoms. The van der Waals surface area contributed by atoms with Gasteiger partial charge in [0.05, 0.1) is 13.2 Å². The summed E-state index contributed by atoms with van der Waals surface area (Å²) in [4.78, 5) is 46.5. The minimum atomic E-state index is -0.148. The molecule has 4 heterocycles. The highest BCUT2D eigenvalue weighted by molar-refractivity contribution is 5.93. The fourth-order valence-corrected chi connectivity index (χ4v) is 5.67. The Hall–Kier alpha value is -3.37. The SMILES string of the molecule is Cn1cccc1C(=O)N1CCN(C(=O)Nc2ccc(N3CCC(C(=O)CCN4CCOCC4)CC3)cc2)CC1. The van der Waals surface area contributed by atoms with Crippen LogP contribution in [0.2, 0.25) is 0 Å². The number of nitrogens with one attached hydrogen (secondary N) is 1. The molecule has 2 aromatic rings. The van der Waals surface area contributed by atoms with E-state index in [0.717, 1.165) is 70.2 Å². The van der Waals surface area contributed by atoms with Crippen molar-refractivity contribution in [1.82, 2.24) is 19.3 Å². The number of ether oxygens (including phenoxy) is 1. The third-order valence-electron chi connectivity index (χ3n) is 8.23. The van der Waals surface area contributed by atoms with Crippen molar-refractivity contribution in [3.63, 3.8) is 0 Å². The number of carbonyl (C=O) groups is 3. The number of ketones is 1. The quantitative estimate of drug-likeness (QED) is 0.585. The zero-order valence-electron chi connectivity index (χ0n) is 22.9. The molecule has 0 unspecified atom stereocenters. The van der Waals surface area contributed by atoms with Gasteiger partial charge in [0, 0.05) is 95.9 Å². The fraction of sp³-hybridized carbons (Fsp3) is 0.552. The van der Waals surface area contributed by atoms with E-state index in [0.29, 0.717) is 44.1 Å². The van der Waals surface area contributed by atoms with E-state index in [1.54, 1.807) is 9.80 Å². The first kappa shape index (κ1) is 27.2. The van der Waals surface area contributed by atoms with E-state index >= 15 is 0 Å². The Morgan fingerprint density at radius 2 is 1.54 bits per heavy atom. The van der Waals surface area contributed by atoms with Gasteiger partial charge in [-0.2, -0.15) is 0 Å². The topological polar surface area (TPSA) is 90.4 Å². The van der Waals surface area contributed by atoms with Crippen LogP contribution in [0.15, 0.2) is 42.6 Å². The van der Waals surface area contributed by atoms with Crippen LogP contribution in [0.25, 0.3) is 0 Å². The molecule has 210 valence electrons. The third-order valence-corrected chi connectivity index (χ3v) is 8.23. The Morgan fingerprint density at radius 1 is 0.872 bits per heavy atom. The van der Waals surface area contributed by atoms with E-state index in [9.17, 15) is 14.4 Å². The van der Waals surface area contributed by atoms with Crippen molar-refractivity contribution >= 4 is 29.1 Å². The summed E-state index contributed by atoms with van der Waals surface area (Å²) in [7, 11) is 1.86. The lowest BCUT2D eigenvalue weighted by Gasteiger charge is -2.35. The van der Waals surface area contributed by atoms with Gasteiger partial charge in [-0.3, -0.25) is 14.5 Å². The number of hydrogen-bond donors (Lipinski definition) is 1. The molecule has 10 nitrogen and oxygen atoms in total. The predicted molar refractivity (Wildman–Crippen MR) is 150 cm³/mol. The number of rotatable bonds is 7. The molecule has 3 saturated heterocycles. The smallest absolute Gasteiger partial charge is 0.321 e. The van der Waals surface area contributed by atoms with Crippen LogP contribution in [0, 0.1) is 5.92 Å². The number of anilines is 2. The minimum absolute atomic E-state index is 0.000430. The van der Waals surface area contributed by atoms with E-state index in [-0.39, 0.29) is 17.9 Å². The zero-order chi connectivity index (χ0) is 27.2. The number of carbonyl (C=O) groups excluding carboxylic acids is 3. The first-order chi connectivity index (χ1) is 19.0. The monoisotopic (exact) mass is 536 g/mol. The van der Waals surface area contributed by atoms with Crippen LogP contribution < -0.4 is 10.2 Å². The first-order valence-electron chi connectivity index (χ1n) is 14.1. The van der Waals surface area contributed by atoms with E-state index in [1.165, 1.54) is 0 Å². The molecule has 5 rings (SSSR count). The molecule has 0 saturated carbocycles. The van der Waals surface area contributed by atoms with E-state index in [2.05, 4.69) is 15.1 Å². The molecule has 0 radical (unpaired) electrons. The number of hydrogen-bond acceptors (Lipinski definition) is 6. The van der Waals surface area contributed by atoms with Gasteiger partial charge in [0.15, 0.2) is 0 Å². The maximum Gasteiger partial charge on any atom is 0.321 e. The van der Waals surface area contributed by atoms with E-state index in [1.807, 2.05) is 54.2 Å². The van der Waals surface area contributed by atoms with Gasteiger partial charge in [-0.05, 0) is 49.2 Å². The van der Waals surface area contributed by atoms with Crippen molar-refractivity contribution in [3.05, 3.63) is 48.3 Å². The molecule has 1 aromatic carbocycles. The predicted octanol–water partition coefficient (Wildman–Crippen LogP) is 2.52. The molecule has 0 spiro atoms. The maximum absolute atomic E-state index is 12.8. The van der Waals surface area contributed by atoms with Gasteiger partial charge < -0.3 is 29.3 Å². The summed E-state index contributed by atoms with van der Waals surface area (Å²) in [6.45, 7) is 7.99. The number of morpholine rings is 1. The van der Waals surface area contributed by atoms with Crippen LogP contribution in [-0.2, 0) is 16.6 Å². The van der Waals surface area contributed by atoms with Gasteiger partial charge >= 0.3 is 6.03 Å². The van der Waals surface area contributed by atoms with Crippen molar-refractivity contribution in [2.75, 3.05) is 82.3 Å². The first-order valence-corrected chi connectivity index (χ1v) is 14.1. The normalized spacial score (nSPS) is 19.3. The van der Waals surface area contributed by atoms with Crippen LogP contribution in [-0.4, -0.2) is 109 Å². The lowest BCUT2D eigenvalue weighted by atomic mass is 9.90. The number of benzene rings is 1. The fourth-order valence-electron chi connectivity index (χ4n) is 5.67. The van der Waals surface area contributed by atoms with Crippen molar-refractivity contribution in [3.8, 4) is 0 Å². The van der Waals surface area contributed by atoms with Gasteiger partial charge in [-0.1, -0.05) is 0 Å². The summed E-state index contributed by atoms with van der Waals surface area (Å²) in [5.41, 5.74) is 2.52. The summed E-state index contributed by atoms with van der Waals surface area (Å²) in [6, 6.07) is 11.5. The Bertz CT molecular complexity index is 1130. The van der Waals surface area contributed by atoms with Crippen LogP contribution in [0.4, 0.5) is 16.2 Å². The highest BCUT2D eigenvalue weighted by Gasteiger charge is 2.27. The molecule has 39 heavy (non-hydrogen) atoms. The van der Waals surface area contributed by atoms with Crippen molar-refractivity contribution in [1.29, 1.82) is 0 Å². The van der Waals surface area contributed by atoms with Gasteiger partial charge in [0.2, 0.25) is 0 Å². The van der Waals surface area contributed by atoms with Crippen molar-refractivity contribution < 1.29 is 19.1 Å². The second kappa shape index (κ2) is 12.7. The van der Waals surface area contributed by atoms with Gasteiger partial charge in [0.25, 0.3) is 5.91 Å². The standard InChI is InChI=1S/C29H40N6O4/c1-31-11-2-3-26(31)28(37)34-15-17-35(18-16-34)29(38)30-24-4-6-25(7-5-24)33-13-8-23(9-14-33)27(36)10-12-32-19-21-39-22-20-32/h2-7,11,23H,8-10,12-22H2,1H3,(H,30,38). The molecule has 3 aliphatic heterocycles. The molecule has 0 atom stereocenters. The average Bonchev–Trinajstić information content (AvgIpc) is 3.42. The second-order valence-corrected chi connectivity index (χ2v) is 10.7. The summed E-state index contributed by atoms with van der Waals surface area (Å²) >= 11 is 0. The number of piperazine rings is 1. The molecule has 10 heteroatoms. The van der Waals surface area contributed by atoms with E-state index < -0.39 is 0 Å². The average molecular weight is 537 g/mol. The highest BCUT2D eigenvalue weighted by atomic mass is 16.5. The largest absolute Gasteiger partial charge is 0.379 e. The second-order valence-electron chi connectivity index (χ2n) is 10.7. The zero-order valence-corrected chi connectivity index (χ0v) is 22.9. The van der Waals surface area contributed by atoms with Crippen molar-refractivity contribution in [2.24, 2.45) is 13.0 Å². The number of piperidine rings is 1. The summed E-state index contributed by atoms with van der Waals surface area (Å²) < 4.78 is 7.21. The maximum atomic E-state index is 12.8. The number of nitrogens with zero attached hydrogens (tertiary/aromatic N) is 5. The molecule has 1 aromatic heterocycles. The minimum Gasteiger partial charge on any atom is -0.379 e. The lowest BCUT2D eigenvalue weighted by molar-refractivity contribution is -0.124. The summed E-state index contributed by atoms with van der Waals surface area (Å²) in [5.74, 6) is 0.549. The van der Waals surface area contributed by atoms with Crippen molar-refractivity contribution in [2.45, 2.75) is 19.3 Å². The Kier molecular flexibility index (Phi) is 8.83. The lowest BCUT2D eigenvalue weighted by Crippen LogP contribution is -2.51.